The standard InChI is InChI=1S/C17H32N2.C2H6.CH4/c1-3-5-6-7-8-9-10-11-12-13-14-19-16-15-18(4-2)17-19;1-2;/h4,15-16H,2-3,5-14,17H2,1H3;1-2H3;1H4. The molecule has 0 unspecified atom stereocenters. The van der Waals surface area contributed by atoms with Gasteiger partial charge in [-0.3, -0.25) is 0 Å². The summed E-state index contributed by atoms with van der Waals surface area (Å²) in [5.74, 6) is 0. The summed E-state index contributed by atoms with van der Waals surface area (Å²) in [5.41, 5.74) is 0. The van der Waals surface area contributed by atoms with E-state index < -0.39 is 0 Å². The van der Waals surface area contributed by atoms with Crippen LogP contribution >= 0.6 is 0 Å². The van der Waals surface area contributed by atoms with Crippen LogP contribution in [-0.2, 0) is 0 Å². The van der Waals surface area contributed by atoms with E-state index in [0.717, 1.165) is 6.67 Å². The monoisotopic (exact) mass is 310 g/mol. The predicted octanol–water partition coefficient (Wildman–Crippen LogP) is 6.76. The third-order valence-corrected chi connectivity index (χ3v) is 3.85. The zero-order chi connectivity index (χ0) is 15.8. The van der Waals surface area contributed by atoms with Crippen LogP contribution in [0, 0.1) is 0 Å². The Balaban J connectivity index is 0. The van der Waals surface area contributed by atoms with Crippen LogP contribution in [0.5, 0.6) is 0 Å². The Morgan fingerprint density at radius 2 is 1.36 bits per heavy atom. The lowest BCUT2D eigenvalue weighted by Crippen LogP contribution is -2.22. The zero-order valence-electron chi connectivity index (χ0n) is 14.8. The summed E-state index contributed by atoms with van der Waals surface area (Å²) in [6.07, 6.45) is 20.3. The van der Waals surface area contributed by atoms with Crippen LogP contribution in [0.4, 0.5) is 0 Å². The molecule has 0 saturated heterocycles. The van der Waals surface area contributed by atoms with Crippen LogP contribution in [0.15, 0.2) is 25.2 Å². The lowest BCUT2D eigenvalue weighted by molar-refractivity contribution is 0.307. The molecule has 132 valence electrons. The van der Waals surface area contributed by atoms with Crippen LogP contribution in [0.1, 0.15) is 92.4 Å². The average Bonchev–Trinajstić information content (AvgIpc) is 2.99. The molecule has 0 amide bonds. The van der Waals surface area contributed by atoms with Gasteiger partial charge >= 0.3 is 0 Å². The van der Waals surface area contributed by atoms with Crippen molar-refractivity contribution in [2.24, 2.45) is 0 Å². The molecule has 0 atom stereocenters. The molecule has 22 heavy (non-hydrogen) atoms. The van der Waals surface area contributed by atoms with Crippen molar-refractivity contribution in [2.45, 2.75) is 92.4 Å². The number of hydrogen-bond donors (Lipinski definition) is 0. The van der Waals surface area contributed by atoms with Crippen molar-refractivity contribution in [3.05, 3.63) is 25.2 Å². The maximum absolute atomic E-state index is 3.78. The Bertz CT molecular complexity index is 248. The molecule has 1 aliphatic rings. The van der Waals surface area contributed by atoms with E-state index in [9.17, 15) is 0 Å². The number of nitrogens with zero attached hydrogens (tertiary/aromatic N) is 2. The van der Waals surface area contributed by atoms with Crippen molar-refractivity contribution in [2.75, 3.05) is 13.2 Å². The third-order valence-electron chi connectivity index (χ3n) is 3.85. The minimum absolute atomic E-state index is 0. The Morgan fingerprint density at radius 1 is 0.864 bits per heavy atom. The van der Waals surface area contributed by atoms with Crippen molar-refractivity contribution in [3.8, 4) is 0 Å². The predicted molar refractivity (Wildman–Crippen MR) is 103 cm³/mol. The number of unbranched alkanes of at least 4 members (excludes halogenated alkanes) is 9. The van der Waals surface area contributed by atoms with Crippen LogP contribution < -0.4 is 0 Å². The van der Waals surface area contributed by atoms with Crippen molar-refractivity contribution >= 4 is 0 Å². The lowest BCUT2D eigenvalue weighted by atomic mass is 10.1. The second-order valence-electron chi connectivity index (χ2n) is 5.63. The number of rotatable bonds is 12. The summed E-state index contributed by atoms with van der Waals surface area (Å²) in [6.45, 7) is 12.2. The molecule has 2 heteroatoms. The van der Waals surface area contributed by atoms with Gasteiger partial charge in [-0.15, -0.1) is 0 Å². The van der Waals surface area contributed by atoms with E-state index in [1.165, 1.54) is 70.8 Å². The zero-order valence-corrected chi connectivity index (χ0v) is 14.8. The SMILES string of the molecule is C.C=CN1C=CN(CCCCCCCCCCCC)C1.CC. The smallest absolute Gasteiger partial charge is 0.0935 e. The maximum atomic E-state index is 3.78. The van der Waals surface area contributed by atoms with Gasteiger partial charge in [0.2, 0.25) is 0 Å². The minimum Gasteiger partial charge on any atom is -0.358 e. The second-order valence-corrected chi connectivity index (χ2v) is 5.63. The first-order valence-electron chi connectivity index (χ1n) is 9.17. The van der Waals surface area contributed by atoms with Gasteiger partial charge in [0.05, 0.1) is 6.67 Å². The molecule has 1 rings (SSSR count). The van der Waals surface area contributed by atoms with Gasteiger partial charge in [-0.2, -0.15) is 0 Å². The van der Waals surface area contributed by atoms with Crippen molar-refractivity contribution in [1.29, 1.82) is 0 Å². The van der Waals surface area contributed by atoms with Gasteiger partial charge in [0.15, 0.2) is 0 Å². The van der Waals surface area contributed by atoms with Gasteiger partial charge in [-0.25, -0.2) is 0 Å². The quantitative estimate of drug-likeness (QED) is 0.367. The topological polar surface area (TPSA) is 6.48 Å². The summed E-state index contributed by atoms with van der Waals surface area (Å²) in [4.78, 5) is 4.49. The molecular weight excluding hydrogens is 268 g/mol. The summed E-state index contributed by atoms with van der Waals surface area (Å²) in [7, 11) is 0. The van der Waals surface area contributed by atoms with E-state index in [1.807, 2.05) is 20.0 Å². The van der Waals surface area contributed by atoms with Gasteiger partial charge < -0.3 is 9.80 Å². The minimum atomic E-state index is 0. The molecule has 0 spiro atoms. The Labute approximate surface area is 141 Å². The first-order valence-corrected chi connectivity index (χ1v) is 9.17. The lowest BCUT2D eigenvalue weighted by Gasteiger charge is -2.18. The average molecular weight is 311 g/mol. The van der Waals surface area contributed by atoms with Gasteiger partial charge in [0.1, 0.15) is 0 Å². The van der Waals surface area contributed by atoms with Crippen molar-refractivity contribution in [1.82, 2.24) is 9.80 Å². The largest absolute Gasteiger partial charge is 0.358 e. The molecule has 1 aliphatic heterocycles. The molecule has 0 N–H and O–H groups in total. The third kappa shape index (κ3) is 12.8. The first-order chi connectivity index (χ1) is 10.4. The highest BCUT2D eigenvalue weighted by Crippen LogP contribution is 2.12. The maximum Gasteiger partial charge on any atom is 0.0935 e. The highest BCUT2D eigenvalue weighted by atomic mass is 15.3. The van der Waals surface area contributed by atoms with E-state index in [1.54, 1.807) is 0 Å². The molecule has 0 aromatic carbocycles. The number of hydrogen-bond acceptors (Lipinski definition) is 2. The molecule has 0 aliphatic carbocycles. The van der Waals surface area contributed by atoms with Crippen LogP contribution in [0.2, 0.25) is 0 Å². The molecule has 0 fully saturated rings. The van der Waals surface area contributed by atoms with Crippen LogP contribution in [-0.4, -0.2) is 23.0 Å². The summed E-state index contributed by atoms with van der Waals surface area (Å²) >= 11 is 0. The molecule has 2 nitrogen and oxygen atoms in total. The molecule has 0 aromatic rings. The van der Waals surface area contributed by atoms with Gasteiger partial charge in [-0.1, -0.05) is 92.6 Å². The Hall–Kier alpha value is -0.920. The fourth-order valence-corrected chi connectivity index (χ4v) is 2.55. The van der Waals surface area contributed by atoms with E-state index >= 15 is 0 Å². The normalized spacial score (nSPS) is 12.7. The van der Waals surface area contributed by atoms with Gasteiger partial charge in [-0.05, 0) is 12.6 Å². The first kappa shape index (κ1) is 23.3. The molecule has 0 aromatic heterocycles. The highest BCUT2D eigenvalue weighted by molar-refractivity contribution is 4.94. The van der Waals surface area contributed by atoms with E-state index in [4.69, 9.17) is 0 Å². The van der Waals surface area contributed by atoms with Gasteiger partial charge in [0.25, 0.3) is 0 Å². The molecule has 0 saturated carbocycles. The fourth-order valence-electron chi connectivity index (χ4n) is 2.55. The van der Waals surface area contributed by atoms with Crippen LogP contribution in [0.25, 0.3) is 0 Å². The summed E-state index contributed by atoms with van der Waals surface area (Å²) in [6, 6.07) is 0. The fraction of sp³-hybridized carbons (Fsp3) is 0.800. The Morgan fingerprint density at radius 3 is 1.82 bits per heavy atom. The van der Waals surface area contributed by atoms with Crippen LogP contribution in [0.3, 0.4) is 0 Å². The molecular formula is C20H42N2. The van der Waals surface area contributed by atoms with E-state index in [2.05, 4.69) is 35.7 Å². The van der Waals surface area contributed by atoms with Gasteiger partial charge in [0, 0.05) is 18.9 Å². The van der Waals surface area contributed by atoms with E-state index in [-0.39, 0.29) is 7.43 Å². The molecule has 1 heterocycles. The molecule has 0 bridgehead atoms. The van der Waals surface area contributed by atoms with Crippen molar-refractivity contribution in [3.63, 3.8) is 0 Å². The highest BCUT2D eigenvalue weighted by Gasteiger charge is 2.07. The second kappa shape index (κ2) is 18.1. The summed E-state index contributed by atoms with van der Waals surface area (Å²) in [5, 5.41) is 0. The Kier molecular flexibility index (Phi) is 19.2. The summed E-state index contributed by atoms with van der Waals surface area (Å²) < 4.78 is 0. The van der Waals surface area contributed by atoms with E-state index in [0.29, 0.717) is 0 Å². The van der Waals surface area contributed by atoms with Crippen molar-refractivity contribution < 1.29 is 0 Å². The molecule has 0 radical (unpaired) electrons.